The van der Waals surface area contributed by atoms with Crippen molar-refractivity contribution in [2.45, 2.75) is 13.8 Å². The van der Waals surface area contributed by atoms with Gasteiger partial charge in [-0.15, -0.1) is 0 Å². The lowest BCUT2D eigenvalue weighted by molar-refractivity contribution is 1.10. The van der Waals surface area contributed by atoms with Crippen LogP contribution in [0.5, 0.6) is 0 Å². The molecule has 2 nitrogen and oxygen atoms in total. The molecule has 0 radical (unpaired) electrons. The number of nitrogens with zero attached hydrogens (tertiary/aromatic N) is 2. The molecule has 0 saturated carbocycles. The molecule has 0 aliphatic heterocycles. The van der Waals surface area contributed by atoms with Crippen LogP contribution in [0.2, 0.25) is 0 Å². The first kappa shape index (κ1) is 8.63. The molecule has 0 saturated heterocycles. The summed E-state index contributed by atoms with van der Waals surface area (Å²) in [4.78, 5) is 8.57. The summed E-state index contributed by atoms with van der Waals surface area (Å²) < 4.78 is 0.656. The quantitative estimate of drug-likeness (QED) is 0.658. The maximum absolute atomic E-state index is 4.30. The van der Waals surface area contributed by atoms with Gasteiger partial charge in [0, 0.05) is 11.1 Å². The van der Waals surface area contributed by atoms with Crippen molar-refractivity contribution < 1.29 is 0 Å². The monoisotopic (exact) mass is 236 g/mol. The van der Waals surface area contributed by atoms with Gasteiger partial charge >= 0.3 is 0 Å². The molecule has 0 spiro atoms. The Labute approximate surface area is 85.1 Å². The van der Waals surface area contributed by atoms with Gasteiger partial charge in [0.25, 0.3) is 0 Å². The fourth-order valence-corrected chi connectivity index (χ4v) is 1.99. The molecular weight excluding hydrogens is 228 g/mol. The second kappa shape index (κ2) is 3.07. The van der Waals surface area contributed by atoms with Gasteiger partial charge in [-0.3, -0.25) is 0 Å². The van der Waals surface area contributed by atoms with Crippen LogP contribution < -0.4 is 0 Å². The second-order valence-corrected chi connectivity index (χ2v) is 3.76. The van der Waals surface area contributed by atoms with Gasteiger partial charge in [0.05, 0.1) is 5.52 Å². The van der Waals surface area contributed by atoms with E-state index in [1.165, 1.54) is 5.56 Å². The molecule has 0 aliphatic carbocycles. The topological polar surface area (TPSA) is 25.8 Å². The highest BCUT2D eigenvalue weighted by molar-refractivity contribution is 9.10. The van der Waals surface area contributed by atoms with Crippen LogP contribution in [-0.2, 0) is 0 Å². The number of hydrogen-bond donors (Lipinski definition) is 0. The molecule has 1 aromatic carbocycles. The summed E-state index contributed by atoms with van der Waals surface area (Å²) in [5, 5.41) is 1.16. The SMILES string of the molecule is Cc1cccc2nc(Br)nc(C)c12. The molecule has 0 amide bonds. The number of halogens is 1. The normalized spacial score (nSPS) is 10.7. The van der Waals surface area contributed by atoms with E-state index in [1.807, 2.05) is 19.1 Å². The van der Waals surface area contributed by atoms with Crippen LogP contribution in [0.15, 0.2) is 22.9 Å². The Morgan fingerprint density at radius 1 is 1.15 bits per heavy atom. The van der Waals surface area contributed by atoms with Gasteiger partial charge in [0.2, 0.25) is 0 Å². The van der Waals surface area contributed by atoms with E-state index in [9.17, 15) is 0 Å². The molecule has 0 fully saturated rings. The second-order valence-electron chi connectivity index (χ2n) is 3.05. The van der Waals surface area contributed by atoms with Gasteiger partial charge in [-0.2, -0.15) is 0 Å². The Balaban J connectivity index is 2.94. The van der Waals surface area contributed by atoms with Crippen LogP contribution in [-0.4, -0.2) is 9.97 Å². The predicted molar refractivity (Wildman–Crippen MR) is 56.7 cm³/mol. The van der Waals surface area contributed by atoms with Gasteiger partial charge in [0.15, 0.2) is 4.73 Å². The molecule has 0 bridgehead atoms. The summed E-state index contributed by atoms with van der Waals surface area (Å²) in [6, 6.07) is 6.09. The number of aromatic nitrogens is 2. The number of hydrogen-bond acceptors (Lipinski definition) is 2. The summed E-state index contributed by atoms with van der Waals surface area (Å²) in [7, 11) is 0. The van der Waals surface area contributed by atoms with Crippen LogP contribution in [0.1, 0.15) is 11.3 Å². The number of rotatable bonds is 0. The third-order valence-corrected chi connectivity index (χ3v) is 2.44. The van der Waals surface area contributed by atoms with Crippen molar-refractivity contribution in [2.24, 2.45) is 0 Å². The average Bonchev–Trinajstić information content (AvgIpc) is 2.02. The molecule has 13 heavy (non-hydrogen) atoms. The van der Waals surface area contributed by atoms with E-state index >= 15 is 0 Å². The molecule has 2 aromatic rings. The Kier molecular flexibility index (Phi) is 2.04. The summed E-state index contributed by atoms with van der Waals surface area (Å²) in [5.41, 5.74) is 3.25. The molecule has 0 unspecified atom stereocenters. The fraction of sp³-hybridized carbons (Fsp3) is 0.200. The summed E-state index contributed by atoms with van der Waals surface area (Å²) in [6.45, 7) is 4.08. The van der Waals surface area contributed by atoms with E-state index < -0.39 is 0 Å². The highest BCUT2D eigenvalue weighted by Crippen LogP contribution is 2.20. The van der Waals surface area contributed by atoms with Gasteiger partial charge in [-0.1, -0.05) is 12.1 Å². The third kappa shape index (κ3) is 1.44. The van der Waals surface area contributed by atoms with Crippen molar-refractivity contribution in [1.82, 2.24) is 9.97 Å². The maximum Gasteiger partial charge on any atom is 0.197 e. The minimum atomic E-state index is 0.656. The number of aryl methyl sites for hydroxylation is 2. The lowest BCUT2D eigenvalue weighted by atomic mass is 10.1. The van der Waals surface area contributed by atoms with Crippen molar-refractivity contribution >= 4 is 26.8 Å². The minimum absolute atomic E-state index is 0.656. The van der Waals surface area contributed by atoms with Crippen LogP contribution in [0.3, 0.4) is 0 Å². The highest BCUT2D eigenvalue weighted by Gasteiger charge is 2.03. The van der Waals surface area contributed by atoms with Crippen LogP contribution in [0, 0.1) is 13.8 Å². The van der Waals surface area contributed by atoms with E-state index in [2.05, 4.69) is 38.9 Å². The van der Waals surface area contributed by atoms with Gasteiger partial charge in [-0.05, 0) is 41.4 Å². The molecule has 1 aromatic heterocycles. The van der Waals surface area contributed by atoms with Crippen LogP contribution in [0.4, 0.5) is 0 Å². The lowest BCUT2D eigenvalue weighted by Gasteiger charge is -2.04. The van der Waals surface area contributed by atoms with E-state index in [-0.39, 0.29) is 0 Å². The van der Waals surface area contributed by atoms with E-state index in [4.69, 9.17) is 0 Å². The Bertz CT molecular complexity index is 466. The summed E-state index contributed by atoms with van der Waals surface area (Å²) in [5.74, 6) is 0. The molecule has 0 atom stereocenters. The van der Waals surface area contributed by atoms with Crippen molar-refractivity contribution in [3.8, 4) is 0 Å². The van der Waals surface area contributed by atoms with Gasteiger partial charge in [0.1, 0.15) is 0 Å². The first-order chi connectivity index (χ1) is 6.18. The smallest absolute Gasteiger partial charge is 0.197 e. The molecule has 66 valence electrons. The van der Waals surface area contributed by atoms with Crippen molar-refractivity contribution in [1.29, 1.82) is 0 Å². The maximum atomic E-state index is 4.30. The van der Waals surface area contributed by atoms with E-state index in [0.29, 0.717) is 4.73 Å². The highest BCUT2D eigenvalue weighted by atomic mass is 79.9. The van der Waals surface area contributed by atoms with Crippen LogP contribution in [0.25, 0.3) is 10.9 Å². The van der Waals surface area contributed by atoms with Crippen molar-refractivity contribution in [2.75, 3.05) is 0 Å². The lowest BCUT2D eigenvalue weighted by Crippen LogP contribution is -1.91. The van der Waals surface area contributed by atoms with Crippen LogP contribution >= 0.6 is 15.9 Å². The van der Waals surface area contributed by atoms with Crippen molar-refractivity contribution in [3.63, 3.8) is 0 Å². The first-order valence-corrected chi connectivity index (χ1v) is 4.87. The van der Waals surface area contributed by atoms with Crippen molar-refractivity contribution in [3.05, 3.63) is 34.2 Å². The summed E-state index contributed by atoms with van der Waals surface area (Å²) >= 11 is 3.29. The zero-order valence-corrected chi connectivity index (χ0v) is 9.09. The van der Waals surface area contributed by atoms with E-state index in [1.54, 1.807) is 0 Å². The molecule has 1 heterocycles. The Morgan fingerprint density at radius 2 is 1.92 bits per heavy atom. The zero-order chi connectivity index (χ0) is 9.42. The number of benzene rings is 1. The molecule has 0 aliphatic rings. The number of fused-ring (bicyclic) bond motifs is 1. The first-order valence-electron chi connectivity index (χ1n) is 4.08. The third-order valence-electron chi connectivity index (χ3n) is 2.09. The average molecular weight is 237 g/mol. The predicted octanol–water partition coefficient (Wildman–Crippen LogP) is 3.01. The van der Waals surface area contributed by atoms with Gasteiger partial charge in [-0.25, -0.2) is 9.97 Å². The van der Waals surface area contributed by atoms with E-state index in [0.717, 1.165) is 16.6 Å². The molecular formula is C10H9BrN2. The van der Waals surface area contributed by atoms with Gasteiger partial charge < -0.3 is 0 Å². The Morgan fingerprint density at radius 3 is 2.69 bits per heavy atom. The molecule has 3 heteroatoms. The summed E-state index contributed by atoms with van der Waals surface area (Å²) in [6.07, 6.45) is 0. The minimum Gasteiger partial charge on any atom is -0.227 e. The molecule has 0 N–H and O–H groups in total. The largest absolute Gasteiger partial charge is 0.227 e. The zero-order valence-electron chi connectivity index (χ0n) is 7.50. The molecule has 2 rings (SSSR count). The fourth-order valence-electron chi connectivity index (χ4n) is 1.53. The standard InChI is InChI=1S/C10H9BrN2/c1-6-4-3-5-8-9(6)7(2)12-10(11)13-8/h3-5H,1-2H3. The Hall–Kier alpha value is -0.960.